The van der Waals surface area contributed by atoms with E-state index < -0.39 is 29.6 Å². The van der Waals surface area contributed by atoms with Crippen molar-refractivity contribution in [2.45, 2.75) is 52.7 Å². The van der Waals surface area contributed by atoms with Gasteiger partial charge >= 0.3 is 12.1 Å². The molecule has 8 heteroatoms. The van der Waals surface area contributed by atoms with E-state index in [1.54, 1.807) is 20.8 Å². The molecular weight excluding hydrogens is 290 g/mol. The zero-order chi connectivity index (χ0) is 17.3. The Morgan fingerprint density at radius 3 is 2.18 bits per heavy atom. The highest BCUT2D eigenvalue weighted by atomic mass is 16.6. The third kappa shape index (κ3) is 9.98. The highest BCUT2D eigenvalue weighted by Gasteiger charge is 2.22. The van der Waals surface area contributed by atoms with Gasteiger partial charge in [-0.25, -0.2) is 10.2 Å². The van der Waals surface area contributed by atoms with Crippen molar-refractivity contribution >= 4 is 18.0 Å². The van der Waals surface area contributed by atoms with Crippen LogP contribution in [0.3, 0.4) is 0 Å². The van der Waals surface area contributed by atoms with Gasteiger partial charge in [0.25, 0.3) is 0 Å². The van der Waals surface area contributed by atoms with Gasteiger partial charge in [0, 0.05) is 0 Å². The fourth-order valence-corrected chi connectivity index (χ4v) is 1.51. The number of carbonyl (C=O) groups is 3. The maximum absolute atomic E-state index is 12.0. The van der Waals surface area contributed by atoms with E-state index in [2.05, 4.69) is 20.9 Å². The summed E-state index contributed by atoms with van der Waals surface area (Å²) in [6.07, 6.45) is -0.204. The average Bonchev–Trinajstić information content (AvgIpc) is 2.37. The molecule has 0 aromatic heterocycles. The molecule has 0 rings (SSSR count). The van der Waals surface area contributed by atoms with E-state index in [9.17, 15) is 14.4 Å². The van der Waals surface area contributed by atoms with E-state index >= 15 is 0 Å². The minimum absolute atomic E-state index is 0.210. The van der Waals surface area contributed by atoms with E-state index in [4.69, 9.17) is 4.74 Å². The van der Waals surface area contributed by atoms with Crippen molar-refractivity contribution in [2.75, 3.05) is 13.7 Å². The van der Waals surface area contributed by atoms with Crippen LogP contribution in [0.5, 0.6) is 0 Å². The van der Waals surface area contributed by atoms with Crippen molar-refractivity contribution in [1.82, 2.24) is 16.2 Å². The highest BCUT2D eigenvalue weighted by molar-refractivity contribution is 5.85. The number of amides is 2. The quantitative estimate of drug-likeness (QED) is 0.472. The normalized spacial score (nSPS) is 12.5. The molecular formula is C14H27N3O5. The molecule has 0 aromatic rings. The van der Waals surface area contributed by atoms with Gasteiger partial charge in [-0.15, -0.1) is 0 Å². The molecule has 0 aliphatic carbocycles. The van der Waals surface area contributed by atoms with Crippen LogP contribution >= 0.6 is 0 Å². The average molecular weight is 317 g/mol. The number of hydrogen-bond donors (Lipinski definition) is 3. The molecule has 0 aliphatic rings. The van der Waals surface area contributed by atoms with E-state index in [0.717, 1.165) is 0 Å². The third-order valence-electron chi connectivity index (χ3n) is 2.41. The topological polar surface area (TPSA) is 106 Å². The van der Waals surface area contributed by atoms with E-state index in [-0.39, 0.29) is 12.5 Å². The highest BCUT2D eigenvalue weighted by Crippen LogP contribution is 2.07. The van der Waals surface area contributed by atoms with Gasteiger partial charge < -0.3 is 14.8 Å². The summed E-state index contributed by atoms with van der Waals surface area (Å²) in [4.78, 5) is 34.6. The lowest BCUT2D eigenvalue weighted by molar-refractivity contribution is -0.141. The summed E-state index contributed by atoms with van der Waals surface area (Å²) >= 11 is 0. The predicted octanol–water partition coefficient (Wildman–Crippen LogP) is 0.720. The molecule has 0 heterocycles. The van der Waals surface area contributed by atoms with Gasteiger partial charge in [-0.3, -0.25) is 15.0 Å². The molecule has 0 spiro atoms. The molecule has 0 aliphatic heterocycles. The Morgan fingerprint density at radius 2 is 1.73 bits per heavy atom. The molecule has 0 radical (unpaired) electrons. The van der Waals surface area contributed by atoms with Crippen molar-refractivity contribution in [3.63, 3.8) is 0 Å². The molecule has 0 unspecified atom stereocenters. The summed E-state index contributed by atoms with van der Waals surface area (Å²) in [7, 11) is 1.24. The van der Waals surface area contributed by atoms with Gasteiger partial charge in [0.1, 0.15) is 18.2 Å². The van der Waals surface area contributed by atoms with Crippen molar-refractivity contribution in [3.05, 3.63) is 0 Å². The molecule has 0 saturated heterocycles. The monoisotopic (exact) mass is 317 g/mol. The Hall–Kier alpha value is -1.83. The molecule has 8 nitrogen and oxygen atoms in total. The predicted molar refractivity (Wildman–Crippen MR) is 80.8 cm³/mol. The van der Waals surface area contributed by atoms with E-state index in [1.165, 1.54) is 7.11 Å². The van der Waals surface area contributed by atoms with Gasteiger partial charge in [-0.05, 0) is 33.1 Å². The summed E-state index contributed by atoms with van der Waals surface area (Å²) in [6, 6.07) is -0.683. The number of carbonyl (C=O) groups excluding carboxylic acids is 3. The van der Waals surface area contributed by atoms with Gasteiger partial charge in [0.15, 0.2) is 0 Å². The van der Waals surface area contributed by atoms with E-state index in [1.807, 2.05) is 13.8 Å². The number of hydrazine groups is 1. The molecule has 0 saturated carbocycles. The summed E-state index contributed by atoms with van der Waals surface area (Å²) in [5, 5.41) is 2.44. The molecule has 0 bridgehead atoms. The zero-order valence-electron chi connectivity index (χ0n) is 14.1. The summed E-state index contributed by atoms with van der Waals surface area (Å²) in [5.41, 5.74) is 4.33. The third-order valence-corrected chi connectivity index (χ3v) is 2.41. The Kier molecular flexibility index (Phi) is 8.47. The standard InChI is InChI=1S/C14H27N3O5/c1-9(2)7-10(12(19)15-8-11(18)21-6)16-17-13(20)22-14(3,4)5/h9-10,16H,7-8H2,1-6H3,(H,15,19)(H,17,20)/t10-/m0/s1. The lowest BCUT2D eigenvalue weighted by atomic mass is 10.0. The van der Waals surface area contributed by atoms with Gasteiger partial charge in [0.05, 0.1) is 7.11 Å². The second kappa shape index (κ2) is 9.24. The Balaban J connectivity index is 4.48. The number of nitrogens with one attached hydrogen (secondary N) is 3. The molecule has 0 fully saturated rings. The minimum atomic E-state index is -0.683. The molecule has 0 aromatic carbocycles. The first kappa shape index (κ1) is 20.2. The number of hydrogen-bond acceptors (Lipinski definition) is 6. The first-order chi connectivity index (χ1) is 10.0. The van der Waals surface area contributed by atoms with Gasteiger partial charge in [-0.2, -0.15) is 0 Å². The maximum Gasteiger partial charge on any atom is 0.422 e. The van der Waals surface area contributed by atoms with Crippen LogP contribution in [0.15, 0.2) is 0 Å². The summed E-state index contributed by atoms with van der Waals surface area (Å²) < 4.78 is 9.52. The number of ether oxygens (including phenoxy) is 2. The van der Waals surface area contributed by atoms with Crippen molar-refractivity contribution in [2.24, 2.45) is 5.92 Å². The molecule has 3 N–H and O–H groups in total. The maximum atomic E-state index is 12.0. The number of methoxy groups -OCH3 is 1. The Labute approximate surface area is 131 Å². The van der Waals surface area contributed by atoms with Crippen LogP contribution in [0.2, 0.25) is 0 Å². The first-order valence-corrected chi connectivity index (χ1v) is 7.14. The lowest BCUT2D eigenvalue weighted by Gasteiger charge is -2.23. The minimum Gasteiger partial charge on any atom is -0.468 e. The molecule has 128 valence electrons. The molecule has 22 heavy (non-hydrogen) atoms. The fourth-order valence-electron chi connectivity index (χ4n) is 1.51. The summed E-state index contributed by atoms with van der Waals surface area (Å²) in [5.74, 6) is -0.742. The Bertz CT molecular complexity index is 390. The zero-order valence-corrected chi connectivity index (χ0v) is 14.1. The lowest BCUT2D eigenvalue weighted by Crippen LogP contribution is -2.53. The van der Waals surface area contributed by atoms with Crippen LogP contribution in [0.4, 0.5) is 4.79 Å². The van der Waals surface area contributed by atoms with Crippen LogP contribution in [-0.4, -0.2) is 43.3 Å². The van der Waals surface area contributed by atoms with Crippen LogP contribution < -0.4 is 16.2 Å². The smallest absolute Gasteiger partial charge is 0.422 e. The second-order valence-corrected chi connectivity index (χ2v) is 6.25. The van der Waals surface area contributed by atoms with Crippen LogP contribution in [-0.2, 0) is 19.1 Å². The van der Waals surface area contributed by atoms with Crippen molar-refractivity contribution in [1.29, 1.82) is 0 Å². The first-order valence-electron chi connectivity index (χ1n) is 7.14. The van der Waals surface area contributed by atoms with Crippen molar-refractivity contribution < 1.29 is 23.9 Å². The largest absolute Gasteiger partial charge is 0.468 e. The summed E-state index contributed by atoms with van der Waals surface area (Å²) in [6.45, 7) is 8.87. The Morgan fingerprint density at radius 1 is 1.14 bits per heavy atom. The van der Waals surface area contributed by atoms with Crippen molar-refractivity contribution in [3.8, 4) is 0 Å². The SMILES string of the molecule is COC(=O)CNC(=O)[C@H](CC(C)C)NNC(=O)OC(C)(C)C. The van der Waals surface area contributed by atoms with E-state index in [0.29, 0.717) is 6.42 Å². The van der Waals surface area contributed by atoms with Crippen LogP contribution in [0.25, 0.3) is 0 Å². The number of esters is 1. The fraction of sp³-hybridized carbons (Fsp3) is 0.786. The second-order valence-electron chi connectivity index (χ2n) is 6.25. The van der Waals surface area contributed by atoms with Crippen LogP contribution in [0.1, 0.15) is 41.0 Å². The van der Waals surface area contributed by atoms with Gasteiger partial charge in [-0.1, -0.05) is 13.8 Å². The van der Waals surface area contributed by atoms with Crippen LogP contribution in [0, 0.1) is 5.92 Å². The molecule has 1 atom stereocenters. The number of rotatable bonds is 7. The molecule has 2 amide bonds. The van der Waals surface area contributed by atoms with Gasteiger partial charge in [0.2, 0.25) is 5.91 Å².